The fourth-order valence-electron chi connectivity index (χ4n) is 2.26. The molecular formula is C21H21N3O2. The molecule has 5 nitrogen and oxygen atoms in total. The van der Waals surface area contributed by atoms with Gasteiger partial charge in [0.25, 0.3) is 5.91 Å². The van der Waals surface area contributed by atoms with Crippen molar-refractivity contribution < 1.29 is 9.53 Å². The van der Waals surface area contributed by atoms with Gasteiger partial charge in [0.05, 0.1) is 17.7 Å². The quantitative estimate of drug-likeness (QED) is 0.864. The highest BCUT2D eigenvalue weighted by atomic mass is 16.5. The monoisotopic (exact) mass is 347 g/mol. The molecule has 5 heteroatoms. The lowest BCUT2D eigenvalue weighted by atomic mass is 9.90. The smallest absolute Gasteiger partial charge is 0.259 e. The van der Waals surface area contributed by atoms with Crippen LogP contribution in [-0.2, 0) is 4.79 Å². The van der Waals surface area contributed by atoms with Crippen LogP contribution in [0.2, 0.25) is 0 Å². The second-order valence-electron chi connectivity index (χ2n) is 6.52. The first-order valence-electron chi connectivity index (χ1n) is 8.33. The molecule has 0 bridgehead atoms. The minimum absolute atomic E-state index is 0.0110. The summed E-state index contributed by atoms with van der Waals surface area (Å²) in [6, 6.07) is 18.9. The molecule has 0 aromatic heterocycles. The predicted molar refractivity (Wildman–Crippen MR) is 99.1 cm³/mol. The minimum atomic E-state index is -0.917. The molecule has 0 radical (unpaired) electrons. The van der Waals surface area contributed by atoms with E-state index < -0.39 is 5.54 Å². The zero-order valence-electron chi connectivity index (χ0n) is 15.1. The Kier molecular flexibility index (Phi) is 5.98. The van der Waals surface area contributed by atoms with Gasteiger partial charge in [-0.25, -0.2) is 0 Å². The van der Waals surface area contributed by atoms with Crippen molar-refractivity contribution in [2.75, 3.05) is 6.61 Å². The van der Waals surface area contributed by atoms with Crippen LogP contribution in [0.3, 0.4) is 0 Å². The van der Waals surface area contributed by atoms with Crippen LogP contribution in [0, 0.1) is 28.6 Å². The first-order chi connectivity index (χ1) is 12.4. The van der Waals surface area contributed by atoms with E-state index in [4.69, 9.17) is 10.00 Å². The molecule has 132 valence electrons. The third-order valence-electron chi connectivity index (χ3n) is 4.36. The highest BCUT2D eigenvalue weighted by molar-refractivity contribution is 5.79. The highest BCUT2D eigenvalue weighted by Crippen LogP contribution is 2.23. The fraction of sp³-hybridized carbons (Fsp3) is 0.286. The summed E-state index contributed by atoms with van der Waals surface area (Å²) in [5, 5.41) is 20.8. The maximum atomic E-state index is 12.0. The number of hydrogen-bond acceptors (Lipinski definition) is 4. The summed E-state index contributed by atoms with van der Waals surface area (Å²) in [6.07, 6.45) is 0. The van der Waals surface area contributed by atoms with Crippen molar-refractivity contribution in [1.82, 2.24) is 5.32 Å². The van der Waals surface area contributed by atoms with Gasteiger partial charge < -0.3 is 10.1 Å². The van der Waals surface area contributed by atoms with E-state index in [-0.39, 0.29) is 18.4 Å². The molecule has 0 aliphatic heterocycles. The zero-order chi connectivity index (χ0) is 19.2. The van der Waals surface area contributed by atoms with Gasteiger partial charge in [0.2, 0.25) is 0 Å². The van der Waals surface area contributed by atoms with Gasteiger partial charge in [0, 0.05) is 0 Å². The average molecular weight is 347 g/mol. The number of rotatable bonds is 6. The Morgan fingerprint density at radius 3 is 2.08 bits per heavy atom. The van der Waals surface area contributed by atoms with Crippen LogP contribution in [0.25, 0.3) is 11.1 Å². The fourth-order valence-corrected chi connectivity index (χ4v) is 2.26. The van der Waals surface area contributed by atoms with E-state index in [2.05, 4.69) is 17.5 Å². The van der Waals surface area contributed by atoms with Gasteiger partial charge in [-0.2, -0.15) is 10.5 Å². The molecule has 0 aliphatic rings. The summed E-state index contributed by atoms with van der Waals surface area (Å²) >= 11 is 0. The Bertz CT molecular complexity index is 843. The molecule has 2 aromatic carbocycles. The van der Waals surface area contributed by atoms with Crippen LogP contribution in [-0.4, -0.2) is 18.1 Å². The molecule has 0 fully saturated rings. The van der Waals surface area contributed by atoms with E-state index in [0.717, 1.165) is 11.1 Å². The minimum Gasteiger partial charge on any atom is -0.484 e. The number of carbonyl (C=O) groups is 1. The van der Waals surface area contributed by atoms with Gasteiger partial charge >= 0.3 is 0 Å². The molecule has 0 unspecified atom stereocenters. The number of amides is 1. The summed E-state index contributed by atoms with van der Waals surface area (Å²) in [6.45, 7) is 5.31. The molecule has 1 atom stereocenters. The molecule has 0 heterocycles. The SMILES string of the molecule is CC(C)[C@](C)(C#N)NC(=O)COc1ccc(-c2ccc(C#N)cc2)cc1. The molecule has 0 saturated carbocycles. The lowest BCUT2D eigenvalue weighted by Gasteiger charge is -2.27. The summed E-state index contributed by atoms with van der Waals surface area (Å²) < 4.78 is 5.50. The van der Waals surface area contributed by atoms with Crippen LogP contribution in [0.15, 0.2) is 48.5 Å². The van der Waals surface area contributed by atoms with Crippen LogP contribution >= 0.6 is 0 Å². The first-order valence-corrected chi connectivity index (χ1v) is 8.33. The molecule has 0 saturated heterocycles. The van der Waals surface area contributed by atoms with Crippen molar-refractivity contribution in [3.8, 4) is 29.0 Å². The van der Waals surface area contributed by atoms with E-state index in [1.54, 1.807) is 31.2 Å². The maximum Gasteiger partial charge on any atom is 0.259 e. The van der Waals surface area contributed by atoms with Gasteiger partial charge in [-0.15, -0.1) is 0 Å². The summed E-state index contributed by atoms with van der Waals surface area (Å²) in [5.74, 6) is 0.225. The number of carbonyl (C=O) groups excluding carboxylic acids is 1. The Balaban J connectivity index is 1.96. The van der Waals surface area contributed by atoms with Gasteiger partial charge in [0.1, 0.15) is 11.3 Å². The molecule has 0 aliphatic carbocycles. The van der Waals surface area contributed by atoms with Crippen molar-refractivity contribution in [3.05, 3.63) is 54.1 Å². The van der Waals surface area contributed by atoms with Crippen LogP contribution in [0.4, 0.5) is 0 Å². The molecule has 2 rings (SSSR count). The Morgan fingerprint density at radius 1 is 1.08 bits per heavy atom. The predicted octanol–water partition coefficient (Wildman–Crippen LogP) is 3.66. The molecule has 26 heavy (non-hydrogen) atoms. The van der Waals surface area contributed by atoms with E-state index in [0.29, 0.717) is 11.3 Å². The summed E-state index contributed by atoms with van der Waals surface area (Å²) in [5.41, 5.74) is 1.68. The molecule has 0 spiro atoms. The second-order valence-corrected chi connectivity index (χ2v) is 6.52. The summed E-state index contributed by atoms with van der Waals surface area (Å²) in [7, 11) is 0. The van der Waals surface area contributed by atoms with Crippen molar-refractivity contribution >= 4 is 5.91 Å². The third-order valence-corrected chi connectivity index (χ3v) is 4.36. The van der Waals surface area contributed by atoms with Crippen molar-refractivity contribution in [3.63, 3.8) is 0 Å². The lowest BCUT2D eigenvalue weighted by molar-refractivity contribution is -0.124. The number of nitrogens with zero attached hydrogens (tertiary/aromatic N) is 2. The zero-order valence-corrected chi connectivity index (χ0v) is 15.1. The number of nitrogens with one attached hydrogen (secondary N) is 1. The Morgan fingerprint density at radius 2 is 1.62 bits per heavy atom. The normalized spacial score (nSPS) is 12.5. The largest absolute Gasteiger partial charge is 0.484 e. The van der Waals surface area contributed by atoms with Gasteiger partial charge in [0.15, 0.2) is 6.61 Å². The number of ether oxygens (including phenoxy) is 1. The maximum absolute atomic E-state index is 12.0. The Labute approximate surface area is 153 Å². The van der Waals surface area contributed by atoms with Gasteiger partial charge in [-0.3, -0.25) is 4.79 Å². The average Bonchev–Trinajstić information content (AvgIpc) is 2.66. The second kappa shape index (κ2) is 8.18. The number of benzene rings is 2. The highest BCUT2D eigenvalue weighted by Gasteiger charge is 2.29. The number of nitriles is 2. The van der Waals surface area contributed by atoms with Crippen LogP contribution < -0.4 is 10.1 Å². The summed E-state index contributed by atoms with van der Waals surface area (Å²) in [4.78, 5) is 12.0. The lowest BCUT2D eigenvalue weighted by Crippen LogP contribution is -2.50. The van der Waals surface area contributed by atoms with Crippen molar-refractivity contribution in [2.45, 2.75) is 26.3 Å². The van der Waals surface area contributed by atoms with E-state index >= 15 is 0 Å². The van der Waals surface area contributed by atoms with E-state index in [9.17, 15) is 10.1 Å². The molecule has 1 amide bonds. The van der Waals surface area contributed by atoms with Crippen molar-refractivity contribution in [1.29, 1.82) is 10.5 Å². The third kappa shape index (κ3) is 4.62. The van der Waals surface area contributed by atoms with Crippen molar-refractivity contribution in [2.24, 2.45) is 5.92 Å². The van der Waals surface area contributed by atoms with E-state index in [1.807, 2.05) is 38.1 Å². The number of hydrogen-bond donors (Lipinski definition) is 1. The van der Waals surface area contributed by atoms with E-state index in [1.165, 1.54) is 0 Å². The van der Waals surface area contributed by atoms with Crippen LogP contribution in [0.1, 0.15) is 26.3 Å². The molecule has 1 N–H and O–H groups in total. The Hall–Kier alpha value is -3.31. The molecular weight excluding hydrogens is 326 g/mol. The van der Waals surface area contributed by atoms with Crippen LogP contribution in [0.5, 0.6) is 5.75 Å². The first kappa shape index (κ1) is 19.0. The molecule has 2 aromatic rings. The topological polar surface area (TPSA) is 85.9 Å². The van der Waals surface area contributed by atoms with Gasteiger partial charge in [-0.1, -0.05) is 38.1 Å². The van der Waals surface area contributed by atoms with Gasteiger partial charge in [-0.05, 0) is 48.2 Å². The standard InChI is InChI=1S/C21H21N3O2/c1-15(2)21(3,14-23)24-20(25)13-26-19-10-8-18(9-11-19)17-6-4-16(12-22)5-7-17/h4-11,15H,13H2,1-3H3,(H,24,25)/t21-/m0/s1.